The molecule has 0 spiro atoms. The minimum Gasteiger partial charge on any atom is -0.453 e. The van der Waals surface area contributed by atoms with Crippen LogP contribution < -0.4 is 16.4 Å². The van der Waals surface area contributed by atoms with Gasteiger partial charge in [0.25, 0.3) is 0 Å². The molecule has 3 aromatic carbocycles. The number of nitrogens with zero attached hydrogens (tertiary/aromatic N) is 1. The van der Waals surface area contributed by atoms with E-state index < -0.39 is 28.1 Å². The molecule has 0 aliphatic heterocycles. The zero-order valence-corrected chi connectivity index (χ0v) is 26.2. The molecule has 43 heavy (non-hydrogen) atoms. The highest BCUT2D eigenvalue weighted by molar-refractivity contribution is 7.89. The van der Waals surface area contributed by atoms with E-state index in [4.69, 9.17) is 10.5 Å². The molecule has 3 aromatic rings. The van der Waals surface area contributed by atoms with Crippen LogP contribution in [0.4, 0.5) is 10.5 Å². The number of nitrogens with one attached hydrogen (secondary N) is 2. The first-order chi connectivity index (χ1) is 20.5. The number of anilines is 1. The van der Waals surface area contributed by atoms with Crippen molar-refractivity contribution in [3.63, 3.8) is 0 Å². The van der Waals surface area contributed by atoms with Crippen LogP contribution in [0.2, 0.25) is 0 Å². The third-order valence-electron chi connectivity index (χ3n) is 7.26. The van der Waals surface area contributed by atoms with E-state index in [-0.39, 0.29) is 22.8 Å². The molecule has 0 radical (unpaired) electrons. The fourth-order valence-corrected chi connectivity index (χ4v) is 6.89. The maximum Gasteiger partial charge on any atom is 0.407 e. The largest absolute Gasteiger partial charge is 0.453 e. The minimum atomic E-state index is -3.70. The van der Waals surface area contributed by atoms with E-state index >= 15 is 0 Å². The third kappa shape index (κ3) is 9.56. The van der Waals surface area contributed by atoms with Crippen molar-refractivity contribution in [1.82, 2.24) is 14.9 Å². The summed E-state index contributed by atoms with van der Waals surface area (Å²) >= 11 is 0. The summed E-state index contributed by atoms with van der Waals surface area (Å²) < 4.78 is 33.3. The molecule has 2 amide bonds. The molecule has 0 fully saturated rings. The van der Waals surface area contributed by atoms with E-state index in [0.717, 1.165) is 11.1 Å². The number of amides is 2. The van der Waals surface area contributed by atoms with Gasteiger partial charge in [-0.2, -0.15) is 4.31 Å². The molecule has 2 atom stereocenters. The Morgan fingerprint density at radius 3 is 1.93 bits per heavy atom. The van der Waals surface area contributed by atoms with Crippen molar-refractivity contribution in [2.24, 2.45) is 5.92 Å². The lowest BCUT2D eigenvalue weighted by Crippen LogP contribution is -2.50. The van der Waals surface area contributed by atoms with Gasteiger partial charge in [-0.25, -0.2) is 13.2 Å². The third-order valence-corrected chi connectivity index (χ3v) is 9.26. The van der Waals surface area contributed by atoms with Crippen LogP contribution in [-0.2, 0) is 19.6 Å². The number of sulfonamides is 1. The Morgan fingerprint density at radius 2 is 1.42 bits per heavy atom. The van der Waals surface area contributed by atoms with Crippen molar-refractivity contribution in [2.75, 3.05) is 25.9 Å². The molecule has 0 unspecified atom stereocenters. The van der Waals surface area contributed by atoms with Gasteiger partial charge in [0.1, 0.15) is 6.04 Å². The number of ether oxygens (including phenoxy) is 1. The Morgan fingerprint density at radius 1 is 0.860 bits per heavy atom. The van der Waals surface area contributed by atoms with E-state index in [2.05, 4.69) is 10.6 Å². The highest BCUT2D eigenvalue weighted by atomic mass is 32.2. The van der Waals surface area contributed by atoms with Crippen molar-refractivity contribution in [3.8, 4) is 0 Å². The van der Waals surface area contributed by atoms with Crippen molar-refractivity contribution in [2.45, 2.75) is 62.9 Å². The van der Waals surface area contributed by atoms with Crippen LogP contribution in [0.5, 0.6) is 0 Å². The number of nitrogen functional groups attached to an aromatic ring is 1. The molecule has 0 aliphatic carbocycles. The van der Waals surface area contributed by atoms with Crippen LogP contribution in [0, 0.1) is 5.92 Å². The van der Waals surface area contributed by atoms with Crippen LogP contribution in [0.25, 0.3) is 0 Å². The van der Waals surface area contributed by atoms with E-state index in [1.54, 1.807) is 16.4 Å². The van der Waals surface area contributed by atoms with Gasteiger partial charge >= 0.3 is 6.09 Å². The molecular weight excluding hydrogens is 564 g/mol. The summed E-state index contributed by atoms with van der Waals surface area (Å²) in [6.07, 6.45) is 1.26. The Bertz CT molecular complexity index is 1360. The van der Waals surface area contributed by atoms with E-state index in [1.807, 2.05) is 81.4 Å². The van der Waals surface area contributed by atoms with Crippen LogP contribution in [0.15, 0.2) is 89.8 Å². The second-order valence-electron chi connectivity index (χ2n) is 11.1. The summed E-state index contributed by atoms with van der Waals surface area (Å²) in [5.41, 5.74) is 8.03. The summed E-state index contributed by atoms with van der Waals surface area (Å²) in [5, 5.41) is 5.71. The number of benzene rings is 3. The van der Waals surface area contributed by atoms with Gasteiger partial charge in [-0.1, -0.05) is 80.9 Å². The van der Waals surface area contributed by atoms with Gasteiger partial charge in [0, 0.05) is 30.7 Å². The highest BCUT2D eigenvalue weighted by Gasteiger charge is 2.33. The fraction of sp³-hybridized carbons (Fsp3) is 0.394. The number of nitrogens with two attached hydrogens (primary N) is 1. The number of carbonyl (C=O) groups is 2. The predicted octanol–water partition coefficient (Wildman–Crippen LogP) is 5.15. The van der Waals surface area contributed by atoms with Crippen molar-refractivity contribution >= 4 is 27.7 Å². The molecule has 4 N–H and O–H groups in total. The minimum absolute atomic E-state index is 0.145. The molecule has 10 heteroatoms. The Labute approximate surface area is 255 Å². The average molecular weight is 609 g/mol. The number of hydrogen-bond donors (Lipinski definition) is 3. The molecule has 0 saturated heterocycles. The number of alkyl carbamates (subject to hydrolysis) is 1. The maximum atomic E-state index is 13.5. The first kappa shape index (κ1) is 33.6. The molecule has 232 valence electrons. The fourth-order valence-electron chi connectivity index (χ4n) is 5.06. The molecular formula is C33H44N4O5S. The van der Waals surface area contributed by atoms with Gasteiger partial charge in [0.15, 0.2) is 0 Å². The SMILES string of the molecule is COC(=O)N[C@H](C(=O)NCCCC[C@@H](C)N(CC(C)C)S(=O)(=O)c1ccc(N)cc1)C(c1ccccc1)c1ccccc1. The number of carbonyl (C=O) groups excluding carboxylic acids is 2. The number of hydrogen-bond acceptors (Lipinski definition) is 6. The zero-order valence-electron chi connectivity index (χ0n) is 25.4. The van der Waals surface area contributed by atoms with Crippen LogP contribution >= 0.6 is 0 Å². The molecule has 0 heterocycles. The summed E-state index contributed by atoms with van der Waals surface area (Å²) in [6.45, 7) is 6.66. The lowest BCUT2D eigenvalue weighted by atomic mass is 9.84. The lowest BCUT2D eigenvalue weighted by molar-refractivity contribution is -0.123. The summed E-state index contributed by atoms with van der Waals surface area (Å²) in [6, 6.07) is 24.2. The van der Waals surface area contributed by atoms with Gasteiger partial charge in [0.05, 0.1) is 12.0 Å². The maximum absolute atomic E-state index is 13.5. The standard InChI is InChI=1S/C33H44N4O5S/c1-24(2)23-37(43(40,41)29-20-18-28(34)19-21-29)25(3)13-11-12-22-35-32(38)31(36-33(39)42-4)30(26-14-7-5-8-15-26)27-16-9-6-10-17-27/h5-10,14-21,24-25,30-31H,11-13,22-23,34H2,1-4H3,(H,35,38)(H,36,39)/t25-,31+/m1/s1. The Balaban J connectivity index is 1.67. The number of unbranched alkanes of at least 4 members (excludes halogenated alkanes) is 1. The predicted molar refractivity (Wildman–Crippen MR) is 170 cm³/mol. The molecule has 3 rings (SSSR count). The van der Waals surface area contributed by atoms with Crippen LogP contribution in [0.1, 0.15) is 57.1 Å². The summed E-state index contributed by atoms with van der Waals surface area (Å²) in [5.74, 6) is -0.625. The Hall–Kier alpha value is -3.89. The first-order valence-electron chi connectivity index (χ1n) is 14.6. The van der Waals surface area contributed by atoms with Crippen molar-refractivity contribution in [1.29, 1.82) is 0 Å². The van der Waals surface area contributed by atoms with Crippen molar-refractivity contribution in [3.05, 3.63) is 96.1 Å². The quantitative estimate of drug-likeness (QED) is 0.162. The van der Waals surface area contributed by atoms with E-state index in [1.165, 1.54) is 19.2 Å². The van der Waals surface area contributed by atoms with E-state index in [0.29, 0.717) is 38.0 Å². The van der Waals surface area contributed by atoms with Crippen molar-refractivity contribution < 1.29 is 22.7 Å². The van der Waals surface area contributed by atoms with Gasteiger partial charge < -0.3 is 21.1 Å². The molecule has 0 aliphatic rings. The smallest absolute Gasteiger partial charge is 0.407 e. The normalized spacial score (nSPS) is 13.1. The molecule has 0 saturated carbocycles. The van der Waals surface area contributed by atoms with Gasteiger partial charge in [0.2, 0.25) is 15.9 Å². The molecule has 9 nitrogen and oxygen atoms in total. The number of rotatable bonds is 15. The summed E-state index contributed by atoms with van der Waals surface area (Å²) in [7, 11) is -2.43. The highest BCUT2D eigenvalue weighted by Crippen LogP contribution is 2.29. The zero-order chi connectivity index (χ0) is 31.4. The van der Waals surface area contributed by atoms with Crippen LogP contribution in [-0.4, -0.2) is 57.0 Å². The Kier molecular flexibility index (Phi) is 12.6. The lowest BCUT2D eigenvalue weighted by Gasteiger charge is -2.30. The molecule has 0 bridgehead atoms. The topological polar surface area (TPSA) is 131 Å². The van der Waals surface area contributed by atoms with Crippen LogP contribution in [0.3, 0.4) is 0 Å². The van der Waals surface area contributed by atoms with Gasteiger partial charge in [-0.05, 0) is 61.1 Å². The second kappa shape index (κ2) is 16.1. The first-order valence-corrected chi connectivity index (χ1v) is 16.1. The van der Waals surface area contributed by atoms with Gasteiger partial charge in [-0.3, -0.25) is 4.79 Å². The van der Waals surface area contributed by atoms with Gasteiger partial charge in [-0.15, -0.1) is 0 Å². The second-order valence-corrected chi connectivity index (χ2v) is 13.0. The average Bonchev–Trinajstić information content (AvgIpc) is 3.00. The molecule has 0 aromatic heterocycles. The van der Waals surface area contributed by atoms with E-state index in [9.17, 15) is 18.0 Å². The summed E-state index contributed by atoms with van der Waals surface area (Å²) in [4.78, 5) is 26.1. The number of methoxy groups -OCH3 is 1. The monoisotopic (exact) mass is 608 g/mol.